The number of hydrogen-bond donors (Lipinski definition) is 2. The van der Waals surface area contributed by atoms with Gasteiger partial charge in [-0.2, -0.15) is 0 Å². The molecule has 0 radical (unpaired) electrons. The summed E-state index contributed by atoms with van der Waals surface area (Å²) in [5, 5.41) is 17.5. The Kier molecular flexibility index (Phi) is 10.4. The number of methoxy groups -OCH3 is 1. The molecule has 1 aliphatic heterocycles. The van der Waals surface area contributed by atoms with Gasteiger partial charge in [-0.3, -0.25) is 10.1 Å². The van der Waals surface area contributed by atoms with Crippen molar-refractivity contribution in [1.82, 2.24) is 15.5 Å². The number of rotatable bonds is 11. The molecular formula is C21H35N5O3. The molecule has 2 rings (SSSR count). The summed E-state index contributed by atoms with van der Waals surface area (Å²) in [4.78, 5) is 17.6. The third kappa shape index (κ3) is 9.23. The minimum absolute atomic E-state index is 0.0980. The predicted molar refractivity (Wildman–Crippen MR) is 116 cm³/mol. The normalized spacial score (nSPS) is 16.0. The monoisotopic (exact) mass is 405 g/mol. The van der Waals surface area contributed by atoms with Crippen molar-refractivity contribution in [1.29, 1.82) is 0 Å². The van der Waals surface area contributed by atoms with Gasteiger partial charge in [-0.15, -0.1) is 0 Å². The molecule has 1 aromatic carbocycles. The van der Waals surface area contributed by atoms with Gasteiger partial charge in [0, 0.05) is 38.9 Å². The Morgan fingerprint density at radius 3 is 2.48 bits per heavy atom. The van der Waals surface area contributed by atoms with Gasteiger partial charge in [0.15, 0.2) is 5.96 Å². The lowest BCUT2D eigenvalue weighted by Gasteiger charge is -2.30. The third-order valence-electron chi connectivity index (χ3n) is 5.20. The van der Waals surface area contributed by atoms with Gasteiger partial charge in [0.1, 0.15) is 0 Å². The Hall–Kier alpha value is -2.19. The molecule has 1 aliphatic rings. The molecule has 1 aromatic rings. The zero-order chi connectivity index (χ0) is 20.9. The molecule has 0 aromatic heterocycles. The molecule has 0 aliphatic carbocycles. The number of likely N-dealkylation sites (tertiary alicyclic amines) is 1. The summed E-state index contributed by atoms with van der Waals surface area (Å²) in [6, 6.07) is 6.54. The van der Waals surface area contributed by atoms with Crippen LogP contribution in [-0.2, 0) is 11.3 Å². The number of aliphatic imine (C=N–C) groups is 1. The third-order valence-corrected chi connectivity index (χ3v) is 5.20. The number of nitro benzene ring substituents is 1. The smallest absolute Gasteiger partial charge is 0.269 e. The van der Waals surface area contributed by atoms with Crippen LogP contribution in [0, 0.1) is 16.0 Å². The zero-order valence-electron chi connectivity index (χ0n) is 17.7. The second kappa shape index (κ2) is 13.1. The van der Waals surface area contributed by atoms with E-state index in [9.17, 15) is 10.1 Å². The molecule has 1 heterocycles. The van der Waals surface area contributed by atoms with E-state index in [4.69, 9.17) is 4.74 Å². The molecular weight excluding hydrogens is 370 g/mol. The molecule has 0 bridgehead atoms. The maximum atomic E-state index is 10.8. The summed E-state index contributed by atoms with van der Waals surface area (Å²) in [6.45, 7) is 8.68. The van der Waals surface area contributed by atoms with E-state index in [0.717, 1.165) is 49.9 Å². The molecule has 162 valence electrons. The largest absolute Gasteiger partial charge is 0.385 e. The standard InChI is InChI=1S/C21H35N5O3/c1-18-9-14-25(15-10-18)13-3-11-22-21(23-12-4-16-29-2)24-17-19-5-7-20(8-6-19)26(27)28/h5-8,18H,3-4,9-17H2,1-2H3,(H2,22,23,24). The number of nitrogens with zero attached hydrogens (tertiary/aromatic N) is 3. The second-order valence-electron chi connectivity index (χ2n) is 7.67. The summed E-state index contributed by atoms with van der Waals surface area (Å²) in [7, 11) is 1.70. The van der Waals surface area contributed by atoms with Crippen molar-refractivity contribution in [3.8, 4) is 0 Å². The average molecular weight is 406 g/mol. The number of nitro groups is 1. The topological polar surface area (TPSA) is 92.0 Å². The number of piperidine rings is 1. The first-order valence-corrected chi connectivity index (χ1v) is 10.6. The van der Waals surface area contributed by atoms with Crippen LogP contribution in [0.5, 0.6) is 0 Å². The first-order valence-electron chi connectivity index (χ1n) is 10.6. The van der Waals surface area contributed by atoms with Gasteiger partial charge < -0.3 is 20.3 Å². The number of benzene rings is 1. The van der Waals surface area contributed by atoms with Crippen molar-refractivity contribution in [2.45, 2.75) is 39.2 Å². The van der Waals surface area contributed by atoms with Crippen molar-refractivity contribution >= 4 is 11.6 Å². The Labute approximate surface area is 173 Å². The minimum Gasteiger partial charge on any atom is -0.385 e. The van der Waals surface area contributed by atoms with Crippen molar-refractivity contribution in [3.63, 3.8) is 0 Å². The lowest BCUT2D eigenvalue weighted by atomic mass is 9.99. The van der Waals surface area contributed by atoms with E-state index < -0.39 is 0 Å². The molecule has 1 saturated heterocycles. The molecule has 0 amide bonds. The Morgan fingerprint density at radius 2 is 1.86 bits per heavy atom. The molecule has 0 atom stereocenters. The van der Waals surface area contributed by atoms with E-state index in [1.54, 1.807) is 19.2 Å². The Balaban J connectivity index is 1.79. The maximum absolute atomic E-state index is 10.8. The fourth-order valence-electron chi connectivity index (χ4n) is 3.29. The van der Waals surface area contributed by atoms with E-state index in [-0.39, 0.29) is 10.6 Å². The number of hydrogen-bond acceptors (Lipinski definition) is 5. The number of nitrogens with one attached hydrogen (secondary N) is 2. The van der Waals surface area contributed by atoms with Crippen LogP contribution < -0.4 is 10.6 Å². The number of non-ortho nitro benzene ring substituents is 1. The lowest BCUT2D eigenvalue weighted by Crippen LogP contribution is -2.40. The molecule has 0 spiro atoms. The van der Waals surface area contributed by atoms with Crippen molar-refractivity contribution in [2.75, 3.05) is 46.4 Å². The molecule has 0 saturated carbocycles. The molecule has 8 heteroatoms. The highest BCUT2D eigenvalue weighted by atomic mass is 16.6. The van der Waals surface area contributed by atoms with Gasteiger partial charge in [0.2, 0.25) is 0 Å². The van der Waals surface area contributed by atoms with Gasteiger partial charge in [-0.25, -0.2) is 4.99 Å². The van der Waals surface area contributed by atoms with E-state index in [2.05, 4.69) is 27.4 Å². The molecule has 8 nitrogen and oxygen atoms in total. The summed E-state index contributed by atoms with van der Waals surface area (Å²) >= 11 is 0. The number of guanidine groups is 1. The Bertz CT molecular complexity index is 628. The van der Waals surface area contributed by atoms with Crippen LogP contribution >= 0.6 is 0 Å². The summed E-state index contributed by atoms with van der Waals surface area (Å²) < 4.78 is 5.10. The van der Waals surface area contributed by atoms with Crippen molar-refractivity contribution < 1.29 is 9.66 Å². The van der Waals surface area contributed by atoms with Crippen molar-refractivity contribution in [3.05, 3.63) is 39.9 Å². The van der Waals surface area contributed by atoms with Crippen LogP contribution in [-0.4, -0.2) is 62.2 Å². The summed E-state index contributed by atoms with van der Waals surface area (Å²) in [6.07, 6.45) is 4.58. The van der Waals surface area contributed by atoms with E-state index in [1.807, 2.05) is 0 Å². The highest BCUT2D eigenvalue weighted by Gasteiger charge is 2.14. The first-order chi connectivity index (χ1) is 14.1. The minimum atomic E-state index is -0.389. The SMILES string of the molecule is COCCCNC(=NCc1ccc([N+](=O)[O-])cc1)NCCCN1CCC(C)CC1. The van der Waals surface area contributed by atoms with Gasteiger partial charge in [-0.05, 0) is 56.8 Å². The lowest BCUT2D eigenvalue weighted by molar-refractivity contribution is -0.384. The van der Waals surface area contributed by atoms with Crippen LogP contribution in [0.1, 0.15) is 38.2 Å². The van der Waals surface area contributed by atoms with Crippen LogP contribution in [0.3, 0.4) is 0 Å². The fourth-order valence-corrected chi connectivity index (χ4v) is 3.29. The number of ether oxygens (including phenoxy) is 1. The molecule has 29 heavy (non-hydrogen) atoms. The van der Waals surface area contributed by atoms with E-state index >= 15 is 0 Å². The van der Waals surface area contributed by atoms with Gasteiger partial charge in [-0.1, -0.05) is 19.1 Å². The second-order valence-corrected chi connectivity index (χ2v) is 7.67. The van der Waals surface area contributed by atoms with E-state index in [0.29, 0.717) is 13.2 Å². The average Bonchev–Trinajstić information content (AvgIpc) is 2.73. The van der Waals surface area contributed by atoms with Gasteiger partial charge >= 0.3 is 0 Å². The maximum Gasteiger partial charge on any atom is 0.269 e. The molecule has 1 fully saturated rings. The van der Waals surface area contributed by atoms with Crippen LogP contribution in [0.2, 0.25) is 0 Å². The quantitative estimate of drug-likeness (QED) is 0.193. The van der Waals surface area contributed by atoms with Crippen LogP contribution in [0.4, 0.5) is 5.69 Å². The fraction of sp³-hybridized carbons (Fsp3) is 0.667. The highest BCUT2D eigenvalue weighted by molar-refractivity contribution is 5.79. The Morgan fingerprint density at radius 1 is 1.21 bits per heavy atom. The first kappa shape index (κ1) is 23.1. The summed E-state index contributed by atoms with van der Waals surface area (Å²) in [5.41, 5.74) is 1.04. The van der Waals surface area contributed by atoms with Gasteiger partial charge in [0.05, 0.1) is 11.5 Å². The summed E-state index contributed by atoms with van der Waals surface area (Å²) in [5.74, 6) is 1.63. The van der Waals surface area contributed by atoms with Crippen LogP contribution in [0.15, 0.2) is 29.3 Å². The van der Waals surface area contributed by atoms with Gasteiger partial charge in [0.25, 0.3) is 5.69 Å². The molecule has 2 N–H and O–H groups in total. The highest BCUT2D eigenvalue weighted by Crippen LogP contribution is 2.15. The predicted octanol–water partition coefficient (Wildman–Crippen LogP) is 2.79. The zero-order valence-corrected chi connectivity index (χ0v) is 17.7. The van der Waals surface area contributed by atoms with Crippen molar-refractivity contribution in [2.24, 2.45) is 10.9 Å². The molecule has 0 unspecified atom stereocenters. The van der Waals surface area contributed by atoms with E-state index in [1.165, 1.54) is 38.1 Å². The van der Waals surface area contributed by atoms with Crippen LogP contribution in [0.25, 0.3) is 0 Å².